The number of benzene rings is 2. The first-order chi connectivity index (χ1) is 19.0. The fourth-order valence-electron chi connectivity index (χ4n) is 4.85. The molecular formula is C30H30N6O4. The Morgan fingerprint density at radius 3 is 1.85 bits per heavy atom. The van der Waals surface area contributed by atoms with Gasteiger partial charge >= 0.3 is 0 Å². The minimum atomic E-state index is -0.625. The summed E-state index contributed by atoms with van der Waals surface area (Å²) in [4.78, 5) is 45.5. The van der Waals surface area contributed by atoms with Gasteiger partial charge in [-0.1, -0.05) is 52.0 Å². The van der Waals surface area contributed by atoms with Crippen molar-refractivity contribution in [1.82, 2.24) is 19.6 Å². The van der Waals surface area contributed by atoms with Crippen LogP contribution in [0.15, 0.2) is 68.0 Å². The predicted octanol–water partition coefficient (Wildman–Crippen LogP) is 2.80. The molecule has 0 spiro atoms. The second-order valence-electron chi connectivity index (χ2n) is 11.0. The molecule has 10 heteroatoms. The van der Waals surface area contributed by atoms with Crippen molar-refractivity contribution in [3.63, 3.8) is 0 Å². The fraction of sp³-hybridized carbons (Fsp3) is 0.267. The summed E-state index contributed by atoms with van der Waals surface area (Å²) < 4.78 is 2.88. The molecule has 4 aromatic carbocycles. The smallest absolute Gasteiger partial charge is 0.255 e. The maximum atomic E-state index is 11.6. The average Bonchev–Trinajstić information content (AvgIpc) is 3.51. The van der Waals surface area contributed by atoms with Crippen molar-refractivity contribution in [3.05, 3.63) is 101 Å². The van der Waals surface area contributed by atoms with Gasteiger partial charge in [0, 0.05) is 17.0 Å². The molecule has 6 aromatic rings. The summed E-state index contributed by atoms with van der Waals surface area (Å²) >= 11 is 0. The summed E-state index contributed by atoms with van der Waals surface area (Å²) in [6.07, 6.45) is 5.32. The summed E-state index contributed by atoms with van der Waals surface area (Å²) in [6, 6.07) is 12.1. The zero-order valence-electron chi connectivity index (χ0n) is 22.8. The lowest BCUT2D eigenvalue weighted by atomic mass is 10.0. The van der Waals surface area contributed by atoms with Crippen LogP contribution in [-0.4, -0.2) is 19.6 Å². The van der Waals surface area contributed by atoms with Crippen molar-refractivity contribution < 1.29 is 0 Å². The minimum absolute atomic E-state index is 0.00531. The molecule has 0 aliphatic rings. The maximum Gasteiger partial charge on any atom is 0.255 e. The highest BCUT2D eigenvalue weighted by Crippen LogP contribution is 2.22. The molecule has 10 nitrogen and oxygen atoms in total. The van der Waals surface area contributed by atoms with Crippen molar-refractivity contribution in [2.24, 2.45) is 11.8 Å². The summed E-state index contributed by atoms with van der Waals surface area (Å²) in [5, 5.41) is 10.4. The van der Waals surface area contributed by atoms with Gasteiger partial charge in [0.25, 0.3) is 21.7 Å². The van der Waals surface area contributed by atoms with Gasteiger partial charge in [0.05, 0.1) is 17.2 Å². The lowest BCUT2D eigenvalue weighted by Crippen LogP contribution is -2.38. The highest BCUT2D eigenvalue weighted by molar-refractivity contribution is 5.83. The summed E-state index contributed by atoms with van der Waals surface area (Å²) in [5.41, 5.74) is 13.1. The number of nitrogens with two attached hydrogens (primary N) is 2. The first-order valence-corrected chi connectivity index (χ1v) is 13.1. The quantitative estimate of drug-likeness (QED) is 0.307. The van der Waals surface area contributed by atoms with E-state index in [0.717, 1.165) is 34.6 Å². The highest BCUT2D eigenvalue weighted by Gasteiger charge is 2.22. The van der Waals surface area contributed by atoms with E-state index in [2.05, 4.69) is 50.0 Å². The Morgan fingerprint density at radius 2 is 1.27 bits per heavy atom. The van der Waals surface area contributed by atoms with Crippen molar-refractivity contribution in [2.75, 3.05) is 11.5 Å². The Morgan fingerprint density at radius 1 is 0.725 bits per heavy atom. The third kappa shape index (κ3) is 4.61. The summed E-state index contributed by atoms with van der Waals surface area (Å²) in [5.74, 6) is 1.11. The van der Waals surface area contributed by atoms with Gasteiger partial charge in [-0.25, -0.2) is 9.36 Å². The third-order valence-corrected chi connectivity index (χ3v) is 6.78. The van der Waals surface area contributed by atoms with Gasteiger partial charge in [0.1, 0.15) is 22.7 Å². The standard InChI is InChI=1S/2C15H15N3O2/c1-8(2)5-9-3-4-10-7-18(17-11(10)6-9)13-12(16)14(19)15(13)20;1-8(2)5-9-3-4-10-7-17-18(11(10)6-9)13-12(16)14(19)15(13)20/h2*3-4,6-8H,5,16H2,1-2H3. The molecule has 0 aliphatic carbocycles. The SMILES string of the molecule is CC(C)Cc1ccc2cn(-c3c(N)c(=O)c3=O)nc2c1.CC(C)Cc1ccc2cnn(-c3c(N)c(=O)c3=O)c2c1. The van der Waals surface area contributed by atoms with E-state index in [1.54, 1.807) is 12.4 Å². The van der Waals surface area contributed by atoms with E-state index in [1.807, 2.05) is 24.3 Å². The molecular weight excluding hydrogens is 508 g/mol. The van der Waals surface area contributed by atoms with Crippen LogP contribution in [0.4, 0.5) is 11.4 Å². The predicted molar refractivity (Wildman–Crippen MR) is 158 cm³/mol. The van der Waals surface area contributed by atoms with Crippen LogP contribution >= 0.6 is 0 Å². The van der Waals surface area contributed by atoms with Gasteiger partial charge in [-0.3, -0.25) is 19.2 Å². The van der Waals surface area contributed by atoms with Gasteiger partial charge in [0.15, 0.2) is 0 Å². The van der Waals surface area contributed by atoms with Crippen LogP contribution in [0.2, 0.25) is 0 Å². The number of rotatable bonds is 6. The van der Waals surface area contributed by atoms with Gasteiger partial charge < -0.3 is 11.5 Å². The molecule has 204 valence electrons. The number of hydrogen-bond donors (Lipinski definition) is 2. The highest BCUT2D eigenvalue weighted by atomic mass is 16.2. The second kappa shape index (κ2) is 10.0. The third-order valence-electron chi connectivity index (χ3n) is 6.78. The number of aromatic nitrogens is 4. The largest absolute Gasteiger partial charge is 0.394 e. The molecule has 0 saturated heterocycles. The Balaban J connectivity index is 0.000000161. The minimum Gasteiger partial charge on any atom is -0.394 e. The average molecular weight is 539 g/mol. The van der Waals surface area contributed by atoms with Crippen LogP contribution in [0.25, 0.3) is 33.2 Å². The zero-order chi connectivity index (χ0) is 28.9. The van der Waals surface area contributed by atoms with E-state index in [0.29, 0.717) is 11.8 Å². The van der Waals surface area contributed by atoms with Crippen LogP contribution in [0.3, 0.4) is 0 Å². The van der Waals surface area contributed by atoms with Crippen LogP contribution in [0, 0.1) is 11.8 Å². The second-order valence-corrected chi connectivity index (χ2v) is 11.0. The van der Waals surface area contributed by atoms with Crippen molar-refractivity contribution in [1.29, 1.82) is 0 Å². The number of anilines is 2. The molecule has 4 N–H and O–H groups in total. The fourth-order valence-corrected chi connectivity index (χ4v) is 4.85. The molecule has 40 heavy (non-hydrogen) atoms. The maximum absolute atomic E-state index is 11.6. The monoisotopic (exact) mass is 538 g/mol. The molecule has 0 atom stereocenters. The number of fused-ring (bicyclic) bond motifs is 2. The molecule has 0 aliphatic heterocycles. The van der Waals surface area contributed by atoms with E-state index in [1.165, 1.54) is 20.5 Å². The van der Waals surface area contributed by atoms with E-state index < -0.39 is 21.7 Å². The molecule has 2 aromatic heterocycles. The van der Waals surface area contributed by atoms with Crippen LogP contribution in [-0.2, 0) is 12.8 Å². The number of nitrogen functional groups attached to an aromatic ring is 2. The van der Waals surface area contributed by atoms with Crippen molar-refractivity contribution in [3.8, 4) is 11.4 Å². The Kier molecular flexibility index (Phi) is 6.70. The molecule has 0 bridgehead atoms. The molecule has 0 radical (unpaired) electrons. The zero-order valence-corrected chi connectivity index (χ0v) is 22.8. The van der Waals surface area contributed by atoms with Crippen LogP contribution in [0.5, 0.6) is 0 Å². The molecule has 0 fully saturated rings. The van der Waals surface area contributed by atoms with Crippen molar-refractivity contribution >= 4 is 33.2 Å². The summed E-state index contributed by atoms with van der Waals surface area (Å²) in [7, 11) is 0. The Bertz CT molecular complexity index is 2020. The van der Waals surface area contributed by atoms with Gasteiger partial charge in [0.2, 0.25) is 0 Å². The molecule has 0 amide bonds. The first kappa shape index (κ1) is 26.7. The van der Waals surface area contributed by atoms with Gasteiger partial charge in [-0.2, -0.15) is 10.2 Å². The Hall–Kier alpha value is -4.86. The molecule has 2 heterocycles. The van der Waals surface area contributed by atoms with Crippen LogP contribution in [0.1, 0.15) is 38.8 Å². The van der Waals surface area contributed by atoms with E-state index >= 15 is 0 Å². The number of nitrogens with zero attached hydrogens (tertiary/aromatic N) is 4. The van der Waals surface area contributed by atoms with Gasteiger partial charge in [-0.05, 0) is 47.9 Å². The normalized spacial score (nSPS) is 11.8. The first-order valence-electron chi connectivity index (χ1n) is 13.1. The van der Waals surface area contributed by atoms with Gasteiger partial charge in [-0.15, -0.1) is 0 Å². The van der Waals surface area contributed by atoms with Crippen molar-refractivity contribution in [2.45, 2.75) is 40.5 Å². The topological polar surface area (TPSA) is 156 Å². The van der Waals surface area contributed by atoms with E-state index in [-0.39, 0.29) is 22.7 Å². The van der Waals surface area contributed by atoms with E-state index in [9.17, 15) is 19.2 Å². The summed E-state index contributed by atoms with van der Waals surface area (Å²) in [6.45, 7) is 8.62. The lowest BCUT2D eigenvalue weighted by Gasteiger charge is -2.09. The molecule has 0 saturated carbocycles. The van der Waals surface area contributed by atoms with E-state index in [4.69, 9.17) is 11.5 Å². The van der Waals surface area contributed by atoms with Crippen LogP contribution < -0.4 is 33.2 Å². The lowest BCUT2D eigenvalue weighted by molar-refractivity contribution is 0.647. The Labute approximate surface area is 228 Å². The molecule has 6 rings (SSSR count). The number of hydrogen-bond acceptors (Lipinski definition) is 8. The molecule has 0 unspecified atom stereocenters.